The maximum absolute atomic E-state index is 10.7. The molecule has 0 amide bonds. The molecule has 25 heavy (non-hydrogen) atoms. The number of hydrogen-bond acceptors (Lipinski definition) is 4. The van der Waals surface area contributed by atoms with Gasteiger partial charge in [-0.2, -0.15) is 0 Å². The third-order valence-corrected chi connectivity index (χ3v) is 4.18. The lowest BCUT2D eigenvalue weighted by molar-refractivity contribution is 0.382. The van der Waals surface area contributed by atoms with Gasteiger partial charge in [-0.15, -0.1) is 0 Å². The van der Waals surface area contributed by atoms with Gasteiger partial charge in [-0.3, -0.25) is 0 Å². The summed E-state index contributed by atoms with van der Waals surface area (Å²) in [5.41, 5.74) is 5.78. The minimum Gasteiger partial charge on any atom is -0.507 e. The van der Waals surface area contributed by atoms with Crippen LogP contribution in [0.25, 0.3) is 0 Å². The van der Waals surface area contributed by atoms with Crippen LogP contribution in [0.4, 0.5) is 0 Å². The molecule has 2 aromatic carbocycles. The standard InChI is InChI=1S/C21H30N2O2/c1-14-7-16(20(24)18(9-14)12-22(3)4)11-17-8-15(2)10-19(21(17)25)13-23(5)6/h7-10,24-25H,11-13H2,1-6H3. The number of hydrogen-bond donors (Lipinski definition) is 2. The average molecular weight is 342 g/mol. The Morgan fingerprint density at radius 2 is 0.960 bits per heavy atom. The molecule has 0 saturated carbocycles. The molecule has 0 atom stereocenters. The van der Waals surface area contributed by atoms with Gasteiger partial charge in [0.05, 0.1) is 0 Å². The minimum atomic E-state index is 0.328. The topological polar surface area (TPSA) is 46.9 Å². The number of aromatic hydroxyl groups is 2. The van der Waals surface area contributed by atoms with Gasteiger partial charge in [0.1, 0.15) is 11.5 Å². The first-order valence-corrected chi connectivity index (χ1v) is 8.59. The summed E-state index contributed by atoms with van der Waals surface area (Å²) in [6.45, 7) is 5.45. The molecule has 0 aliphatic rings. The van der Waals surface area contributed by atoms with E-state index in [-0.39, 0.29) is 0 Å². The number of aryl methyl sites for hydroxylation is 2. The van der Waals surface area contributed by atoms with Gasteiger partial charge in [-0.05, 0) is 53.2 Å². The van der Waals surface area contributed by atoms with Crippen LogP contribution in [0.1, 0.15) is 33.4 Å². The fourth-order valence-electron chi connectivity index (χ4n) is 3.27. The summed E-state index contributed by atoms with van der Waals surface area (Å²) >= 11 is 0. The van der Waals surface area contributed by atoms with E-state index in [1.807, 2.05) is 76.1 Å². The average Bonchev–Trinajstić information content (AvgIpc) is 2.47. The molecule has 2 rings (SSSR count). The summed E-state index contributed by atoms with van der Waals surface area (Å²) in [6.07, 6.45) is 0.516. The van der Waals surface area contributed by atoms with Crippen molar-refractivity contribution in [3.63, 3.8) is 0 Å². The van der Waals surface area contributed by atoms with Crippen molar-refractivity contribution in [2.24, 2.45) is 0 Å². The van der Waals surface area contributed by atoms with Crippen molar-refractivity contribution in [1.29, 1.82) is 0 Å². The monoisotopic (exact) mass is 342 g/mol. The lowest BCUT2D eigenvalue weighted by Gasteiger charge is -2.18. The summed E-state index contributed by atoms with van der Waals surface area (Å²) in [4.78, 5) is 4.08. The van der Waals surface area contributed by atoms with Crippen molar-refractivity contribution >= 4 is 0 Å². The van der Waals surface area contributed by atoms with Crippen LogP contribution in [0.5, 0.6) is 11.5 Å². The highest BCUT2D eigenvalue weighted by atomic mass is 16.3. The fraction of sp³-hybridized carbons (Fsp3) is 0.429. The van der Waals surface area contributed by atoms with Gasteiger partial charge in [0, 0.05) is 30.6 Å². The molecule has 0 aliphatic carbocycles. The molecule has 4 nitrogen and oxygen atoms in total. The molecule has 0 radical (unpaired) electrons. The highest BCUT2D eigenvalue weighted by Crippen LogP contribution is 2.32. The minimum absolute atomic E-state index is 0.328. The van der Waals surface area contributed by atoms with E-state index in [1.165, 1.54) is 0 Å². The Balaban J connectivity index is 2.43. The second kappa shape index (κ2) is 7.89. The van der Waals surface area contributed by atoms with Crippen molar-refractivity contribution in [2.75, 3.05) is 28.2 Å². The summed E-state index contributed by atoms with van der Waals surface area (Å²) in [7, 11) is 7.95. The van der Waals surface area contributed by atoms with Crippen molar-refractivity contribution in [1.82, 2.24) is 9.80 Å². The van der Waals surface area contributed by atoms with Gasteiger partial charge in [0.15, 0.2) is 0 Å². The molecule has 0 aliphatic heterocycles. The molecule has 0 saturated heterocycles. The summed E-state index contributed by atoms with van der Waals surface area (Å²) in [6, 6.07) is 8.04. The first-order valence-electron chi connectivity index (χ1n) is 8.59. The summed E-state index contributed by atoms with van der Waals surface area (Å²) < 4.78 is 0. The molecule has 0 bridgehead atoms. The largest absolute Gasteiger partial charge is 0.507 e. The molecule has 0 fully saturated rings. The van der Waals surface area contributed by atoms with E-state index in [1.54, 1.807) is 0 Å². The van der Waals surface area contributed by atoms with Crippen LogP contribution in [0.15, 0.2) is 24.3 Å². The van der Waals surface area contributed by atoms with E-state index in [4.69, 9.17) is 0 Å². The van der Waals surface area contributed by atoms with Gasteiger partial charge >= 0.3 is 0 Å². The van der Waals surface area contributed by atoms with E-state index >= 15 is 0 Å². The number of phenolic OH excluding ortho intramolecular Hbond substituents is 2. The van der Waals surface area contributed by atoms with Gasteiger partial charge in [0.25, 0.3) is 0 Å². The molecule has 2 N–H and O–H groups in total. The number of rotatable bonds is 6. The highest BCUT2D eigenvalue weighted by molar-refractivity contribution is 5.50. The summed E-state index contributed by atoms with van der Waals surface area (Å²) in [5.74, 6) is 0.656. The van der Waals surface area contributed by atoms with E-state index in [2.05, 4.69) is 0 Å². The first kappa shape index (κ1) is 19.3. The molecule has 0 aromatic heterocycles. The number of phenols is 2. The molecule has 0 unspecified atom stereocenters. The van der Waals surface area contributed by atoms with Crippen LogP contribution < -0.4 is 0 Å². The van der Waals surface area contributed by atoms with Gasteiger partial charge in [0.2, 0.25) is 0 Å². The lowest BCUT2D eigenvalue weighted by atomic mass is 9.95. The molecule has 0 spiro atoms. The maximum Gasteiger partial charge on any atom is 0.123 e. The lowest BCUT2D eigenvalue weighted by Crippen LogP contribution is -2.12. The highest BCUT2D eigenvalue weighted by Gasteiger charge is 2.15. The zero-order valence-corrected chi connectivity index (χ0v) is 16.2. The molecule has 136 valence electrons. The first-order chi connectivity index (χ1) is 11.7. The van der Waals surface area contributed by atoms with Crippen LogP contribution >= 0.6 is 0 Å². The van der Waals surface area contributed by atoms with Crippen molar-refractivity contribution in [2.45, 2.75) is 33.4 Å². The molecule has 4 heteroatoms. The Hall–Kier alpha value is -2.04. The Bertz CT molecular complexity index is 689. The normalized spacial score (nSPS) is 11.5. The Morgan fingerprint density at radius 3 is 1.28 bits per heavy atom. The van der Waals surface area contributed by atoms with Crippen LogP contribution in [-0.2, 0) is 19.5 Å². The second-order valence-corrected chi connectivity index (χ2v) is 7.52. The van der Waals surface area contributed by atoms with Crippen molar-refractivity contribution < 1.29 is 10.2 Å². The van der Waals surface area contributed by atoms with Gasteiger partial charge < -0.3 is 20.0 Å². The molecular weight excluding hydrogens is 312 g/mol. The van der Waals surface area contributed by atoms with Crippen LogP contribution in [0.3, 0.4) is 0 Å². The van der Waals surface area contributed by atoms with E-state index in [0.29, 0.717) is 31.0 Å². The predicted octanol–water partition coefficient (Wildman–Crippen LogP) is 3.43. The van der Waals surface area contributed by atoms with Crippen molar-refractivity contribution in [3.05, 3.63) is 57.6 Å². The smallest absolute Gasteiger partial charge is 0.123 e. The van der Waals surface area contributed by atoms with Crippen LogP contribution in [0.2, 0.25) is 0 Å². The molecule has 0 heterocycles. The maximum atomic E-state index is 10.7. The number of benzene rings is 2. The van der Waals surface area contributed by atoms with Crippen LogP contribution in [0, 0.1) is 13.8 Å². The SMILES string of the molecule is Cc1cc(Cc2cc(C)cc(CN(C)C)c2O)c(O)c(CN(C)C)c1. The van der Waals surface area contributed by atoms with Crippen LogP contribution in [-0.4, -0.2) is 48.2 Å². The molecule has 2 aromatic rings. The van der Waals surface area contributed by atoms with Gasteiger partial charge in [-0.1, -0.05) is 35.4 Å². The predicted molar refractivity (Wildman–Crippen MR) is 103 cm³/mol. The second-order valence-electron chi connectivity index (χ2n) is 7.52. The quantitative estimate of drug-likeness (QED) is 0.844. The Morgan fingerprint density at radius 1 is 0.640 bits per heavy atom. The van der Waals surface area contributed by atoms with E-state index in [9.17, 15) is 10.2 Å². The number of nitrogens with zero attached hydrogens (tertiary/aromatic N) is 2. The summed E-state index contributed by atoms with van der Waals surface area (Å²) in [5, 5.41) is 21.4. The third-order valence-electron chi connectivity index (χ3n) is 4.18. The van der Waals surface area contributed by atoms with E-state index in [0.717, 1.165) is 33.4 Å². The molecular formula is C21H30N2O2. The fourth-order valence-corrected chi connectivity index (χ4v) is 3.27. The van der Waals surface area contributed by atoms with Crippen molar-refractivity contribution in [3.8, 4) is 11.5 Å². The third kappa shape index (κ3) is 4.97. The Labute approximate surface area is 151 Å². The zero-order chi connectivity index (χ0) is 18.7. The van der Waals surface area contributed by atoms with Gasteiger partial charge in [-0.25, -0.2) is 0 Å². The van der Waals surface area contributed by atoms with E-state index < -0.39 is 0 Å². The Kier molecular flexibility index (Phi) is 6.09. The zero-order valence-electron chi connectivity index (χ0n) is 16.2.